The molecule has 1 aliphatic carbocycles. The lowest BCUT2D eigenvalue weighted by molar-refractivity contribution is 1.05. The van der Waals surface area contributed by atoms with E-state index in [0.717, 1.165) is 22.9 Å². The van der Waals surface area contributed by atoms with Gasteiger partial charge in [-0.3, -0.25) is 4.98 Å². The normalized spacial score (nSPS) is 13.5. The third kappa shape index (κ3) is 3.60. The van der Waals surface area contributed by atoms with E-state index >= 15 is 0 Å². The smallest absolute Gasteiger partial charge is 0.225 e. The molecule has 1 fully saturated rings. The molecule has 0 radical (unpaired) electrons. The van der Waals surface area contributed by atoms with Crippen LogP contribution < -0.4 is 10.6 Å². The summed E-state index contributed by atoms with van der Waals surface area (Å²) < 4.78 is 0. The van der Waals surface area contributed by atoms with Crippen LogP contribution >= 0.6 is 0 Å². The first-order chi connectivity index (χ1) is 12.2. The number of nitrogens with zero attached hydrogens (tertiary/aromatic N) is 3. The molecule has 1 aliphatic rings. The molecular formula is C20H21N5. The summed E-state index contributed by atoms with van der Waals surface area (Å²) in [6.07, 6.45) is 4.14. The van der Waals surface area contributed by atoms with E-state index in [0.29, 0.717) is 12.0 Å². The second-order valence-corrected chi connectivity index (χ2v) is 6.47. The van der Waals surface area contributed by atoms with E-state index < -0.39 is 0 Å². The van der Waals surface area contributed by atoms with Gasteiger partial charge in [0.05, 0.1) is 11.4 Å². The van der Waals surface area contributed by atoms with Gasteiger partial charge in [0.15, 0.2) is 0 Å². The van der Waals surface area contributed by atoms with Gasteiger partial charge in [-0.15, -0.1) is 0 Å². The van der Waals surface area contributed by atoms with Gasteiger partial charge in [-0.25, -0.2) is 4.98 Å². The first-order valence-electron chi connectivity index (χ1n) is 8.59. The monoisotopic (exact) mass is 331 g/mol. The zero-order valence-electron chi connectivity index (χ0n) is 14.5. The Balaban J connectivity index is 1.71. The van der Waals surface area contributed by atoms with E-state index in [4.69, 9.17) is 0 Å². The van der Waals surface area contributed by atoms with Gasteiger partial charge in [0.2, 0.25) is 5.95 Å². The molecule has 0 saturated heterocycles. The molecule has 2 aromatic heterocycles. The van der Waals surface area contributed by atoms with E-state index in [1.807, 2.05) is 24.3 Å². The molecule has 0 aliphatic heterocycles. The maximum absolute atomic E-state index is 4.64. The third-order valence-electron chi connectivity index (χ3n) is 4.43. The number of nitrogens with one attached hydrogen (secondary N) is 2. The van der Waals surface area contributed by atoms with Crippen LogP contribution in [-0.4, -0.2) is 21.0 Å². The highest BCUT2D eigenvalue weighted by atomic mass is 15.2. The zero-order valence-corrected chi connectivity index (χ0v) is 14.5. The van der Waals surface area contributed by atoms with Gasteiger partial charge in [-0.1, -0.05) is 18.2 Å². The minimum Gasteiger partial charge on any atom is -0.351 e. The summed E-state index contributed by atoms with van der Waals surface area (Å²) in [4.78, 5) is 13.7. The van der Waals surface area contributed by atoms with E-state index in [1.54, 1.807) is 6.20 Å². The van der Waals surface area contributed by atoms with Crippen molar-refractivity contribution in [3.8, 4) is 11.4 Å². The summed E-state index contributed by atoms with van der Waals surface area (Å²) in [6.45, 7) is 4.22. The van der Waals surface area contributed by atoms with Crippen molar-refractivity contribution >= 4 is 17.5 Å². The summed E-state index contributed by atoms with van der Waals surface area (Å²) >= 11 is 0. The van der Waals surface area contributed by atoms with Crippen LogP contribution in [0.15, 0.2) is 48.7 Å². The second-order valence-electron chi connectivity index (χ2n) is 6.47. The van der Waals surface area contributed by atoms with Gasteiger partial charge in [-0.2, -0.15) is 4.98 Å². The molecule has 2 heterocycles. The molecule has 5 heteroatoms. The van der Waals surface area contributed by atoms with Gasteiger partial charge in [-0.05, 0) is 56.0 Å². The van der Waals surface area contributed by atoms with Crippen molar-refractivity contribution in [2.24, 2.45) is 0 Å². The third-order valence-corrected chi connectivity index (χ3v) is 4.43. The molecule has 5 nitrogen and oxygen atoms in total. The summed E-state index contributed by atoms with van der Waals surface area (Å²) in [5.74, 6) is 1.42. The van der Waals surface area contributed by atoms with Crippen molar-refractivity contribution < 1.29 is 0 Å². The molecule has 0 amide bonds. The molecule has 0 bridgehead atoms. The molecular weight excluding hydrogens is 310 g/mol. The Morgan fingerprint density at radius 3 is 2.60 bits per heavy atom. The molecule has 2 N–H and O–H groups in total. The average Bonchev–Trinajstić information content (AvgIpc) is 3.43. The lowest BCUT2D eigenvalue weighted by atomic mass is 10.1. The maximum Gasteiger partial charge on any atom is 0.225 e. The fourth-order valence-electron chi connectivity index (χ4n) is 2.66. The topological polar surface area (TPSA) is 62.7 Å². The Morgan fingerprint density at radius 1 is 0.960 bits per heavy atom. The van der Waals surface area contributed by atoms with Crippen LogP contribution in [-0.2, 0) is 0 Å². The molecule has 1 aromatic carbocycles. The largest absolute Gasteiger partial charge is 0.351 e. The molecule has 3 aromatic rings. The summed E-state index contributed by atoms with van der Waals surface area (Å²) in [7, 11) is 0. The van der Waals surface area contributed by atoms with Crippen molar-refractivity contribution in [2.45, 2.75) is 32.7 Å². The van der Waals surface area contributed by atoms with Gasteiger partial charge in [0, 0.05) is 24.0 Å². The number of aryl methyl sites for hydroxylation is 1. The Bertz CT molecular complexity index is 888. The molecule has 0 spiro atoms. The Hall–Kier alpha value is -2.95. The van der Waals surface area contributed by atoms with Crippen LogP contribution in [0.1, 0.15) is 24.0 Å². The quantitative estimate of drug-likeness (QED) is 0.722. The van der Waals surface area contributed by atoms with Gasteiger partial charge < -0.3 is 10.6 Å². The number of hydrogen-bond donors (Lipinski definition) is 2. The summed E-state index contributed by atoms with van der Waals surface area (Å²) in [5.41, 5.74) is 5.18. The number of pyridine rings is 1. The highest BCUT2D eigenvalue weighted by molar-refractivity contribution is 5.67. The predicted molar refractivity (Wildman–Crippen MR) is 101 cm³/mol. The zero-order chi connectivity index (χ0) is 17.2. The first-order valence-corrected chi connectivity index (χ1v) is 8.59. The van der Waals surface area contributed by atoms with Crippen molar-refractivity contribution in [3.05, 3.63) is 59.8 Å². The molecule has 126 valence electrons. The van der Waals surface area contributed by atoms with Crippen molar-refractivity contribution in [1.29, 1.82) is 0 Å². The van der Waals surface area contributed by atoms with Crippen LogP contribution in [0, 0.1) is 13.8 Å². The van der Waals surface area contributed by atoms with E-state index in [1.165, 1.54) is 24.0 Å². The van der Waals surface area contributed by atoms with Crippen LogP contribution in [0.25, 0.3) is 11.4 Å². The van der Waals surface area contributed by atoms with Crippen molar-refractivity contribution in [2.75, 3.05) is 10.6 Å². The van der Waals surface area contributed by atoms with Gasteiger partial charge in [0.1, 0.15) is 5.82 Å². The summed E-state index contributed by atoms with van der Waals surface area (Å²) in [5, 5.41) is 6.83. The van der Waals surface area contributed by atoms with Crippen LogP contribution in [0.2, 0.25) is 0 Å². The van der Waals surface area contributed by atoms with Gasteiger partial charge >= 0.3 is 0 Å². The maximum atomic E-state index is 4.64. The highest BCUT2D eigenvalue weighted by Crippen LogP contribution is 2.28. The Labute approximate surface area is 147 Å². The number of anilines is 3. The number of rotatable bonds is 5. The molecule has 0 unspecified atom stereocenters. The average molecular weight is 331 g/mol. The van der Waals surface area contributed by atoms with E-state index in [2.05, 4.69) is 57.6 Å². The molecule has 1 saturated carbocycles. The SMILES string of the molecule is Cc1cccc(Nc2cc(-c3ccccn3)nc(NC3CC3)n2)c1C. The molecule has 0 atom stereocenters. The fraction of sp³-hybridized carbons (Fsp3) is 0.250. The minimum absolute atomic E-state index is 0.493. The Morgan fingerprint density at radius 2 is 1.84 bits per heavy atom. The first kappa shape index (κ1) is 15.6. The highest BCUT2D eigenvalue weighted by Gasteiger charge is 2.22. The standard InChI is InChI=1S/C20H21N5/c1-13-6-5-8-16(14(13)2)23-19-12-18(17-7-3-4-11-21-17)24-20(25-19)22-15-9-10-15/h3-8,11-12,15H,9-10H2,1-2H3,(H2,22,23,24,25). The lowest BCUT2D eigenvalue weighted by Crippen LogP contribution is -2.08. The van der Waals surface area contributed by atoms with Crippen LogP contribution in [0.4, 0.5) is 17.5 Å². The van der Waals surface area contributed by atoms with Crippen LogP contribution in [0.3, 0.4) is 0 Å². The lowest BCUT2D eigenvalue weighted by Gasteiger charge is -2.13. The predicted octanol–water partition coefficient (Wildman–Crippen LogP) is 4.47. The van der Waals surface area contributed by atoms with E-state index in [-0.39, 0.29) is 0 Å². The molecule has 25 heavy (non-hydrogen) atoms. The Kier molecular flexibility index (Phi) is 4.06. The van der Waals surface area contributed by atoms with Crippen molar-refractivity contribution in [3.63, 3.8) is 0 Å². The number of hydrogen-bond acceptors (Lipinski definition) is 5. The second kappa shape index (κ2) is 6.51. The minimum atomic E-state index is 0.493. The van der Waals surface area contributed by atoms with Crippen LogP contribution in [0.5, 0.6) is 0 Å². The van der Waals surface area contributed by atoms with Gasteiger partial charge in [0.25, 0.3) is 0 Å². The number of benzene rings is 1. The van der Waals surface area contributed by atoms with E-state index in [9.17, 15) is 0 Å². The molecule has 4 rings (SSSR count). The van der Waals surface area contributed by atoms with Crippen molar-refractivity contribution in [1.82, 2.24) is 15.0 Å². The fourth-order valence-corrected chi connectivity index (χ4v) is 2.66. The summed E-state index contributed by atoms with van der Waals surface area (Å²) in [6, 6.07) is 14.5. The number of aromatic nitrogens is 3.